The predicted octanol–water partition coefficient (Wildman–Crippen LogP) is 1.96. The van der Waals surface area contributed by atoms with E-state index in [0.717, 1.165) is 52.3 Å². The van der Waals surface area contributed by atoms with E-state index in [1.54, 1.807) is 11.8 Å². The van der Waals surface area contributed by atoms with Crippen LogP contribution in [-0.4, -0.2) is 38.9 Å². The minimum Gasteiger partial charge on any atom is -0.454 e. The SMILES string of the molecule is Cc1cc2c(cc1Sc1nc3c(N)ncnc3n1CCC[NH2+]C(C)C)OCO2. The Balaban J connectivity index is 1.66. The number of aryl methyl sites for hydroxylation is 2. The summed E-state index contributed by atoms with van der Waals surface area (Å²) >= 11 is 1.59. The average Bonchev–Trinajstić information content (AvgIpc) is 3.24. The van der Waals surface area contributed by atoms with Gasteiger partial charge in [0.15, 0.2) is 33.6 Å². The van der Waals surface area contributed by atoms with Crippen LogP contribution in [0.1, 0.15) is 25.8 Å². The van der Waals surface area contributed by atoms with Crippen molar-refractivity contribution in [3.8, 4) is 11.5 Å². The molecule has 4 rings (SSSR count). The first-order valence-electron chi connectivity index (χ1n) is 9.41. The minimum absolute atomic E-state index is 0.264. The van der Waals surface area contributed by atoms with Crippen LogP contribution in [0.4, 0.5) is 5.82 Å². The molecule has 0 amide bonds. The molecule has 8 nitrogen and oxygen atoms in total. The van der Waals surface area contributed by atoms with Gasteiger partial charge in [0.1, 0.15) is 6.33 Å². The Morgan fingerprint density at radius 1 is 1.25 bits per heavy atom. The Morgan fingerprint density at radius 3 is 2.82 bits per heavy atom. The molecule has 0 aliphatic carbocycles. The number of nitrogen functional groups attached to an aromatic ring is 1. The van der Waals surface area contributed by atoms with Crippen molar-refractivity contribution in [3.63, 3.8) is 0 Å². The largest absolute Gasteiger partial charge is 0.454 e. The molecule has 0 spiro atoms. The maximum atomic E-state index is 6.05. The van der Waals surface area contributed by atoms with Gasteiger partial charge in [-0.05, 0) is 38.5 Å². The van der Waals surface area contributed by atoms with Crippen molar-refractivity contribution in [2.24, 2.45) is 0 Å². The Labute approximate surface area is 167 Å². The molecular weight excluding hydrogens is 376 g/mol. The van der Waals surface area contributed by atoms with Gasteiger partial charge >= 0.3 is 0 Å². The second kappa shape index (κ2) is 7.84. The van der Waals surface area contributed by atoms with Crippen molar-refractivity contribution in [2.75, 3.05) is 19.1 Å². The number of hydrogen-bond donors (Lipinski definition) is 2. The molecule has 28 heavy (non-hydrogen) atoms. The van der Waals surface area contributed by atoms with Crippen LogP contribution in [0.3, 0.4) is 0 Å². The molecule has 0 atom stereocenters. The molecule has 0 fully saturated rings. The van der Waals surface area contributed by atoms with E-state index in [-0.39, 0.29) is 6.79 Å². The third kappa shape index (κ3) is 3.72. The van der Waals surface area contributed by atoms with Gasteiger partial charge in [-0.3, -0.25) is 0 Å². The number of anilines is 1. The van der Waals surface area contributed by atoms with Gasteiger partial charge in [0.25, 0.3) is 0 Å². The zero-order valence-corrected chi connectivity index (χ0v) is 17.1. The zero-order valence-electron chi connectivity index (χ0n) is 16.3. The molecule has 4 N–H and O–H groups in total. The first-order valence-corrected chi connectivity index (χ1v) is 10.2. The summed E-state index contributed by atoms with van der Waals surface area (Å²) in [6.07, 6.45) is 2.51. The quantitative estimate of drug-likeness (QED) is 0.583. The van der Waals surface area contributed by atoms with Crippen LogP contribution in [0.25, 0.3) is 11.2 Å². The number of rotatable bonds is 7. The molecule has 1 aromatic carbocycles. The van der Waals surface area contributed by atoms with Crippen LogP contribution >= 0.6 is 11.8 Å². The summed E-state index contributed by atoms with van der Waals surface area (Å²) in [6, 6.07) is 4.60. The van der Waals surface area contributed by atoms with Crippen LogP contribution < -0.4 is 20.5 Å². The lowest BCUT2D eigenvalue weighted by Crippen LogP contribution is -2.88. The standard InChI is InChI=1S/C19H24N6O2S/c1-11(2)21-5-4-6-25-18-16(17(20)22-9-23-18)24-19(25)28-15-8-14-13(7-12(15)3)26-10-27-14/h7-9,11,21H,4-6,10H2,1-3H3,(H2,20,22,23)/p+1. The van der Waals surface area contributed by atoms with E-state index in [0.29, 0.717) is 17.4 Å². The Morgan fingerprint density at radius 2 is 2.04 bits per heavy atom. The Hall–Kier alpha value is -2.52. The van der Waals surface area contributed by atoms with E-state index in [4.69, 9.17) is 20.2 Å². The number of benzene rings is 1. The maximum absolute atomic E-state index is 6.05. The molecule has 9 heteroatoms. The highest BCUT2D eigenvalue weighted by molar-refractivity contribution is 7.99. The van der Waals surface area contributed by atoms with E-state index in [2.05, 4.69) is 40.6 Å². The highest BCUT2D eigenvalue weighted by Crippen LogP contribution is 2.40. The number of quaternary nitrogens is 1. The lowest BCUT2D eigenvalue weighted by Gasteiger charge is -2.10. The Kier molecular flexibility index (Phi) is 5.27. The molecule has 2 aromatic heterocycles. The summed E-state index contributed by atoms with van der Waals surface area (Å²) in [5.74, 6) is 1.96. The lowest BCUT2D eigenvalue weighted by atomic mass is 10.2. The highest BCUT2D eigenvalue weighted by atomic mass is 32.2. The van der Waals surface area contributed by atoms with Crippen molar-refractivity contribution >= 4 is 28.7 Å². The van der Waals surface area contributed by atoms with Crippen molar-refractivity contribution in [3.05, 3.63) is 24.0 Å². The van der Waals surface area contributed by atoms with Gasteiger partial charge in [0.05, 0.1) is 12.6 Å². The molecule has 0 bridgehead atoms. The van der Waals surface area contributed by atoms with Crippen molar-refractivity contribution in [1.82, 2.24) is 19.5 Å². The monoisotopic (exact) mass is 401 g/mol. The third-order valence-electron chi connectivity index (χ3n) is 4.62. The normalized spacial score (nSPS) is 13.0. The fourth-order valence-corrected chi connectivity index (χ4v) is 4.15. The summed E-state index contributed by atoms with van der Waals surface area (Å²) in [6.45, 7) is 8.59. The number of ether oxygens (including phenoxy) is 2. The molecule has 148 valence electrons. The van der Waals surface area contributed by atoms with Crippen LogP contribution in [0.2, 0.25) is 0 Å². The predicted molar refractivity (Wildman–Crippen MR) is 108 cm³/mol. The van der Waals surface area contributed by atoms with Crippen LogP contribution in [-0.2, 0) is 6.54 Å². The minimum atomic E-state index is 0.264. The van der Waals surface area contributed by atoms with E-state index < -0.39 is 0 Å². The molecule has 3 aromatic rings. The molecule has 1 aliphatic rings. The smallest absolute Gasteiger partial charge is 0.231 e. The zero-order chi connectivity index (χ0) is 19.7. The fraction of sp³-hybridized carbons (Fsp3) is 0.421. The summed E-state index contributed by atoms with van der Waals surface area (Å²) in [5, 5.41) is 3.19. The fourth-order valence-electron chi connectivity index (χ4n) is 3.15. The third-order valence-corrected chi connectivity index (χ3v) is 5.77. The molecule has 0 radical (unpaired) electrons. The number of aromatic nitrogens is 4. The first-order chi connectivity index (χ1) is 13.5. The molecule has 3 heterocycles. The van der Waals surface area contributed by atoms with Crippen molar-refractivity contribution in [1.29, 1.82) is 0 Å². The van der Waals surface area contributed by atoms with Crippen LogP contribution in [0.15, 0.2) is 28.5 Å². The number of nitrogens with zero attached hydrogens (tertiary/aromatic N) is 4. The van der Waals surface area contributed by atoms with Crippen molar-refractivity contribution < 1.29 is 14.8 Å². The summed E-state index contributed by atoms with van der Waals surface area (Å²) in [5.41, 5.74) is 8.59. The van der Waals surface area contributed by atoms with Crippen LogP contribution in [0, 0.1) is 6.92 Å². The first kappa shape index (κ1) is 18.8. The molecule has 0 saturated carbocycles. The maximum Gasteiger partial charge on any atom is 0.231 e. The van der Waals surface area contributed by atoms with E-state index in [9.17, 15) is 0 Å². The second-order valence-electron chi connectivity index (χ2n) is 7.17. The van der Waals surface area contributed by atoms with Gasteiger partial charge in [-0.25, -0.2) is 15.0 Å². The molecule has 0 unspecified atom stereocenters. The van der Waals surface area contributed by atoms with Gasteiger partial charge < -0.3 is 25.1 Å². The Bertz CT molecular complexity index is 1000. The van der Waals surface area contributed by atoms with Gasteiger partial charge in [0, 0.05) is 17.9 Å². The number of nitrogens with two attached hydrogens (primary N) is 2. The summed E-state index contributed by atoms with van der Waals surface area (Å²) < 4.78 is 13.1. The lowest BCUT2D eigenvalue weighted by molar-refractivity contribution is -0.683. The van der Waals surface area contributed by atoms with Gasteiger partial charge in [-0.2, -0.15) is 0 Å². The van der Waals surface area contributed by atoms with Gasteiger partial charge in [0.2, 0.25) is 6.79 Å². The number of fused-ring (bicyclic) bond motifs is 2. The van der Waals surface area contributed by atoms with E-state index >= 15 is 0 Å². The van der Waals surface area contributed by atoms with Gasteiger partial charge in [-0.1, -0.05) is 11.8 Å². The highest BCUT2D eigenvalue weighted by Gasteiger charge is 2.20. The number of hydrogen-bond acceptors (Lipinski definition) is 7. The average molecular weight is 402 g/mol. The second-order valence-corrected chi connectivity index (χ2v) is 8.18. The van der Waals surface area contributed by atoms with E-state index in [1.807, 2.05) is 12.1 Å². The van der Waals surface area contributed by atoms with Crippen LogP contribution in [0.5, 0.6) is 11.5 Å². The van der Waals surface area contributed by atoms with E-state index in [1.165, 1.54) is 6.33 Å². The summed E-state index contributed by atoms with van der Waals surface area (Å²) in [7, 11) is 0. The number of imidazole rings is 1. The molecular formula is C19H25N6O2S+. The summed E-state index contributed by atoms with van der Waals surface area (Å²) in [4.78, 5) is 14.4. The molecule has 1 aliphatic heterocycles. The molecule has 0 saturated heterocycles. The topological polar surface area (TPSA) is 105 Å². The van der Waals surface area contributed by atoms with Crippen molar-refractivity contribution in [2.45, 2.75) is 49.8 Å². The van der Waals surface area contributed by atoms with Gasteiger partial charge in [-0.15, -0.1) is 0 Å².